The molecule has 0 aliphatic heterocycles. The van der Waals surface area contributed by atoms with Crippen LogP contribution in [0.15, 0.2) is 30.3 Å². The summed E-state index contributed by atoms with van der Waals surface area (Å²) in [5.74, 6) is 0.343. The summed E-state index contributed by atoms with van der Waals surface area (Å²) in [6.45, 7) is 0. The molecule has 0 bridgehead atoms. The van der Waals surface area contributed by atoms with E-state index in [1.807, 2.05) is 18.2 Å². The van der Waals surface area contributed by atoms with Gasteiger partial charge in [-0.3, -0.25) is 4.79 Å². The van der Waals surface area contributed by atoms with Crippen LogP contribution in [-0.2, 0) is 17.6 Å². The van der Waals surface area contributed by atoms with E-state index in [1.165, 1.54) is 16.5 Å². The summed E-state index contributed by atoms with van der Waals surface area (Å²) in [5.41, 5.74) is 9.02. The Balaban J connectivity index is 2.23. The van der Waals surface area contributed by atoms with E-state index >= 15 is 0 Å². The van der Waals surface area contributed by atoms with Crippen molar-refractivity contribution in [2.75, 3.05) is 5.73 Å². The van der Waals surface area contributed by atoms with E-state index in [-0.39, 0.29) is 0 Å². The average Bonchev–Trinajstić information content (AvgIpc) is 2.26. The third-order valence-electron chi connectivity index (χ3n) is 3.24. The van der Waals surface area contributed by atoms with Crippen molar-refractivity contribution in [2.24, 2.45) is 0 Å². The highest BCUT2D eigenvalue weighted by Gasteiger charge is 2.15. The van der Waals surface area contributed by atoms with Crippen molar-refractivity contribution in [3.8, 4) is 0 Å². The average molecular weight is 211 g/mol. The Morgan fingerprint density at radius 3 is 2.62 bits per heavy atom. The van der Waals surface area contributed by atoms with E-state index in [4.69, 9.17) is 5.73 Å². The molecule has 2 N–H and O–H groups in total. The number of hydrogen-bond acceptors (Lipinski definition) is 2. The van der Waals surface area contributed by atoms with E-state index in [0.717, 1.165) is 17.5 Å². The molecule has 0 radical (unpaired) electrons. The summed E-state index contributed by atoms with van der Waals surface area (Å²) in [5, 5.41) is 2.34. The molecule has 2 aromatic carbocycles. The minimum Gasteiger partial charge on any atom is -0.399 e. The lowest BCUT2D eigenvalue weighted by molar-refractivity contribution is -0.118. The molecule has 16 heavy (non-hydrogen) atoms. The van der Waals surface area contributed by atoms with Crippen LogP contribution in [0.4, 0.5) is 5.69 Å². The number of hydrogen-bond donors (Lipinski definition) is 1. The van der Waals surface area contributed by atoms with Gasteiger partial charge in [0.2, 0.25) is 0 Å². The van der Waals surface area contributed by atoms with Gasteiger partial charge < -0.3 is 5.73 Å². The first kappa shape index (κ1) is 9.40. The Kier molecular flexibility index (Phi) is 1.96. The summed E-state index contributed by atoms with van der Waals surface area (Å²) >= 11 is 0. The number of carbonyl (C=O) groups is 1. The smallest absolute Gasteiger partial charge is 0.137 e. The Morgan fingerprint density at radius 2 is 1.75 bits per heavy atom. The molecule has 0 spiro atoms. The number of nitrogen functional groups attached to an aromatic ring is 1. The summed E-state index contributed by atoms with van der Waals surface area (Å²) in [6, 6.07) is 10.2. The first-order valence-electron chi connectivity index (χ1n) is 5.55. The molecule has 0 fully saturated rings. The Labute approximate surface area is 94.1 Å². The van der Waals surface area contributed by atoms with E-state index in [1.54, 1.807) is 0 Å². The van der Waals surface area contributed by atoms with Gasteiger partial charge >= 0.3 is 0 Å². The number of ketones is 1. The number of Topliss-reactive ketones (excluding diaryl/α,β-unsaturated/α-hetero) is 1. The zero-order valence-electron chi connectivity index (χ0n) is 8.99. The Bertz CT molecular complexity index is 587. The van der Waals surface area contributed by atoms with Gasteiger partial charge in [0.15, 0.2) is 0 Å². The molecule has 0 heterocycles. The molecule has 3 rings (SSSR count). The minimum atomic E-state index is 0.343. The summed E-state index contributed by atoms with van der Waals surface area (Å²) in [4.78, 5) is 11.4. The Hall–Kier alpha value is -1.83. The fraction of sp³-hybridized carbons (Fsp3) is 0.214. The number of fused-ring (bicyclic) bond motifs is 2. The number of aryl methyl sites for hydroxylation is 1. The van der Waals surface area contributed by atoms with Crippen molar-refractivity contribution in [3.63, 3.8) is 0 Å². The third kappa shape index (κ3) is 1.47. The highest BCUT2D eigenvalue weighted by molar-refractivity contribution is 5.90. The highest BCUT2D eigenvalue weighted by atomic mass is 16.1. The topological polar surface area (TPSA) is 43.1 Å². The minimum absolute atomic E-state index is 0.343. The predicted molar refractivity (Wildman–Crippen MR) is 65.4 cm³/mol. The van der Waals surface area contributed by atoms with Crippen molar-refractivity contribution >= 4 is 22.2 Å². The SMILES string of the molecule is Nc1ccc2cc3c(cc2c1)CC(=O)CC3. The first-order chi connectivity index (χ1) is 7.72. The van der Waals surface area contributed by atoms with Crippen LogP contribution in [0.3, 0.4) is 0 Å². The zero-order valence-corrected chi connectivity index (χ0v) is 8.99. The molecular formula is C14H13NO. The first-order valence-corrected chi connectivity index (χ1v) is 5.55. The van der Waals surface area contributed by atoms with Crippen LogP contribution in [0, 0.1) is 0 Å². The van der Waals surface area contributed by atoms with E-state index in [9.17, 15) is 4.79 Å². The molecule has 80 valence electrons. The quantitative estimate of drug-likeness (QED) is 0.680. The molecule has 0 unspecified atom stereocenters. The molecule has 0 saturated heterocycles. The molecular weight excluding hydrogens is 198 g/mol. The molecule has 0 amide bonds. The van der Waals surface area contributed by atoms with E-state index < -0.39 is 0 Å². The highest BCUT2D eigenvalue weighted by Crippen LogP contribution is 2.26. The second-order valence-electron chi connectivity index (χ2n) is 4.44. The monoisotopic (exact) mass is 211 g/mol. The predicted octanol–water partition coefficient (Wildman–Crippen LogP) is 2.48. The fourth-order valence-electron chi connectivity index (χ4n) is 2.38. The van der Waals surface area contributed by atoms with Crippen LogP contribution in [-0.4, -0.2) is 5.78 Å². The fourth-order valence-corrected chi connectivity index (χ4v) is 2.38. The van der Waals surface area contributed by atoms with Crippen molar-refractivity contribution in [1.29, 1.82) is 0 Å². The second kappa shape index (κ2) is 3.34. The largest absolute Gasteiger partial charge is 0.399 e. The van der Waals surface area contributed by atoms with Gasteiger partial charge in [0.05, 0.1) is 0 Å². The van der Waals surface area contributed by atoms with Crippen LogP contribution in [0.25, 0.3) is 10.8 Å². The van der Waals surface area contributed by atoms with Gasteiger partial charge in [-0.05, 0) is 40.5 Å². The lowest BCUT2D eigenvalue weighted by atomic mass is 9.88. The lowest BCUT2D eigenvalue weighted by Crippen LogP contribution is -2.12. The standard InChI is InChI=1S/C14H13NO/c15-13-3-1-9-5-10-2-4-14(16)8-12(10)6-11(9)7-13/h1,3,5-7H,2,4,8,15H2. The van der Waals surface area contributed by atoms with Gasteiger partial charge in [-0.15, -0.1) is 0 Å². The summed E-state index contributed by atoms with van der Waals surface area (Å²) < 4.78 is 0. The molecule has 2 heteroatoms. The Morgan fingerprint density at radius 1 is 0.938 bits per heavy atom. The third-order valence-corrected chi connectivity index (χ3v) is 3.24. The van der Waals surface area contributed by atoms with Gasteiger partial charge in [0, 0.05) is 18.5 Å². The molecule has 0 saturated carbocycles. The number of benzene rings is 2. The van der Waals surface area contributed by atoms with Crippen molar-refractivity contribution in [1.82, 2.24) is 0 Å². The van der Waals surface area contributed by atoms with Crippen molar-refractivity contribution < 1.29 is 4.79 Å². The molecule has 2 nitrogen and oxygen atoms in total. The number of rotatable bonds is 0. The lowest BCUT2D eigenvalue weighted by Gasteiger charge is -2.15. The maximum Gasteiger partial charge on any atom is 0.137 e. The normalized spacial score (nSPS) is 15.1. The van der Waals surface area contributed by atoms with Crippen LogP contribution >= 0.6 is 0 Å². The molecule has 0 aromatic heterocycles. The van der Waals surface area contributed by atoms with Crippen LogP contribution < -0.4 is 5.73 Å². The number of anilines is 1. The number of nitrogens with two attached hydrogens (primary N) is 1. The van der Waals surface area contributed by atoms with Crippen molar-refractivity contribution in [2.45, 2.75) is 19.3 Å². The molecule has 0 atom stereocenters. The van der Waals surface area contributed by atoms with Crippen LogP contribution in [0.5, 0.6) is 0 Å². The maximum atomic E-state index is 11.4. The van der Waals surface area contributed by atoms with Crippen molar-refractivity contribution in [3.05, 3.63) is 41.5 Å². The van der Waals surface area contributed by atoms with Gasteiger partial charge in [0.25, 0.3) is 0 Å². The van der Waals surface area contributed by atoms with Gasteiger partial charge in [-0.1, -0.05) is 18.2 Å². The van der Waals surface area contributed by atoms with Gasteiger partial charge in [0.1, 0.15) is 5.78 Å². The number of carbonyl (C=O) groups excluding carboxylic acids is 1. The molecule has 1 aliphatic rings. The summed E-state index contributed by atoms with van der Waals surface area (Å²) in [6.07, 6.45) is 2.15. The second-order valence-corrected chi connectivity index (χ2v) is 4.44. The summed E-state index contributed by atoms with van der Waals surface area (Å²) in [7, 11) is 0. The van der Waals surface area contributed by atoms with E-state index in [0.29, 0.717) is 18.6 Å². The zero-order chi connectivity index (χ0) is 11.1. The van der Waals surface area contributed by atoms with Crippen LogP contribution in [0.2, 0.25) is 0 Å². The molecule has 2 aromatic rings. The van der Waals surface area contributed by atoms with Gasteiger partial charge in [-0.25, -0.2) is 0 Å². The molecule has 1 aliphatic carbocycles. The van der Waals surface area contributed by atoms with Crippen LogP contribution in [0.1, 0.15) is 17.5 Å². The van der Waals surface area contributed by atoms with E-state index in [2.05, 4.69) is 12.1 Å². The maximum absolute atomic E-state index is 11.4. The van der Waals surface area contributed by atoms with Gasteiger partial charge in [-0.2, -0.15) is 0 Å².